The van der Waals surface area contributed by atoms with Crippen molar-refractivity contribution in [3.05, 3.63) is 154 Å². The Morgan fingerprint density at radius 3 is 1.24 bits per heavy atom. The van der Waals surface area contributed by atoms with Gasteiger partial charge in [0.1, 0.15) is 9.75 Å². The molecule has 3 heteroatoms. The summed E-state index contributed by atoms with van der Waals surface area (Å²) in [4.78, 5) is -1.44. The molecule has 164 valence electrons. The van der Waals surface area contributed by atoms with Crippen LogP contribution in [0.1, 0.15) is 39.8 Å². The number of hydrogen-bond acceptors (Lipinski definition) is 0. The third-order valence-electron chi connectivity index (χ3n) is 6.93. The number of hydrogen-bond donors (Lipinski definition) is 0. The van der Waals surface area contributed by atoms with E-state index >= 15 is 0 Å². The molecule has 0 saturated heterocycles. The molecule has 0 fully saturated rings. The Balaban J connectivity index is 0.00000241. The molecule has 0 aliphatic heterocycles. The van der Waals surface area contributed by atoms with Crippen LogP contribution < -0.4 is 0 Å². The molecule has 0 saturated carbocycles. The fourth-order valence-corrected chi connectivity index (χ4v) is 6.20. The summed E-state index contributed by atoms with van der Waals surface area (Å²) in [5.74, 6) is 0. The van der Waals surface area contributed by atoms with E-state index < -0.39 is 9.75 Å². The SMILES string of the molecule is ClC1(c2ccccc2)C(CC2=Cc3ccccc3C2(Cl)c2ccccc2)=Cc2ccccc21.[Hf]. The van der Waals surface area contributed by atoms with Crippen molar-refractivity contribution in [3.8, 4) is 0 Å². The van der Waals surface area contributed by atoms with Gasteiger partial charge in [-0.2, -0.15) is 0 Å². The second-order valence-corrected chi connectivity index (χ2v) is 9.87. The van der Waals surface area contributed by atoms with Crippen molar-refractivity contribution in [1.29, 1.82) is 0 Å². The largest absolute Gasteiger partial charge is 0.117 e. The number of benzene rings is 4. The summed E-state index contributed by atoms with van der Waals surface area (Å²) in [7, 11) is 0. The van der Waals surface area contributed by atoms with E-state index in [1.165, 1.54) is 11.1 Å². The van der Waals surface area contributed by atoms with Gasteiger partial charge in [-0.05, 0) is 50.9 Å². The van der Waals surface area contributed by atoms with Crippen molar-refractivity contribution in [2.45, 2.75) is 16.2 Å². The number of halogens is 2. The van der Waals surface area contributed by atoms with Crippen molar-refractivity contribution < 1.29 is 25.8 Å². The minimum Gasteiger partial charge on any atom is -0.104 e. The second-order valence-electron chi connectivity index (χ2n) is 8.74. The van der Waals surface area contributed by atoms with Crippen LogP contribution >= 0.6 is 23.2 Å². The molecule has 0 bridgehead atoms. The van der Waals surface area contributed by atoms with Crippen LogP contribution in [0.25, 0.3) is 12.2 Å². The van der Waals surface area contributed by atoms with E-state index in [4.69, 9.17) is 23.2 Å². The predicted molar refractivity (Wildman–Crippen MR) is 140 cm³/mol. The third kappa shape index (κ3) is 3.52. The Morgan fingerprint density at radius 2 is 0.824 bits per heavy atom. The van der Waals surface area contributed by atoms with Gasteiger partial charge in [-0.1, -0.05) is 121 Å². The van der Waals surface area contributed by atoms with Crippen LogP contribution in [0.4, 0.5) is 0 Å². The number of allylic oxidation sites excluding steroid dienone is 2. The van der Waals surface area contributed by atoms with E-state index in [1.807, 2.05) is 12.1 Å². The molecule has 0 aromatic heterocycles. The van der Waals surface area contributed by atoms with Crippen LogP contribution in [0.3, 0.4) is 0 Å². The first-order valence-corrected chi connectivity index (χ1v) is 12.0. The van der Waals surface area contributed by atoms with Crippen molar-refractivity contribution in [2.75, 3.05) is 0 Å². The molecule has 0 radical (unpaired) electrons. The standard InChI is InChI=1S/C31H22Cl2.Hf/c32-30(24-13-3-1-4-14-24)26(19-22-11-7-9-17-28(22)30)21-27-20-23-12-8-10-18-29(23)31(27,33)25-15-5-2-6-16-25;/h1-20H,21H2;. The summed E-state index contributed by atoms with van der Waals surface area (Å²) in [5.41, 5.74) is 9.06. The maximum atomic E-state index is 7.58. The summed E-state index contributed by atoms with van der Waals surface area (Å²) in [6, 6.07) is 37.6. The molecule has 2 aliphatic carbocycles. The molecule has 0 N–H and O–H groups in total. The van der Waals surface area contributed by atoms with Gasteiger partial charge in [0.2, 0.25) is 0 Å². The zero-order chi connectivity index (χ0) is 22.5. The maximum absolute atomic E-state index is 7.58. The van der Waals surface area contributed by atoms with Crippen LogP contribution in [0.2, 0.25) is 0 Å². The molecule has 6 rings (SSSR count). The first-order valence-electron chi connectivity index (χ1n) is 11.2. The van der Waals surface area contributed by atoms with E-state index in [-0.39, 0.29) is 25.8 Å². The molecule has 0 nitrogen and oxygen atoms in total. The first kappa shape index (κ1) is 23.5. The van der Waals surface area contributed by atoms with E-state index in [9.17, 15) is 0 Å². The Labute approximate surface area is 229 Å². The quantitative estimate of drug-likeness (QED) is 0.155. The van der Waals surface area contributed by atoms with Gasteiger partial charge >= 0.3 is 0 Å². The number of fused-ring (bicyclic) bond motifs is 2. The Hall–Kier alpha value is -2.19. The summed E-state index contributed by atoms with van der Waals surface area (Å²) in [6.07, 6.45) is 5.18. The summed E-state index contributed by atoms with van der Waals surface area (Å²) < 4.78 is 0. The maximum Gasteiger partial charge on any atom is 0.117 e. The minimum absolute atomic E-state index is 0. The van der Waals surface area contributed by atoms with Crippen LogP contribution in [0, 0.1) is 0 Å². The molecule has 34 heavy (non-hydrogen) atoms. The zero-order valence-electron chi connectivity index (χ0n) is 18.5. The van der Waals surface area contributed by atoms with Gasteiger partial charge < -0.3 is 0 Å². The van der Waals surface area contributed by atoms with Crippen molar-refractivity contribution in [1.82, 2.24) is 0 Å². The van der Waals surface area contributed by atoms with Gasteiger partial charge in [-0.3, -0.25) is 0 Å². The molecule has 0 amide bonds. The Morgan fingerprint density at radius 1 is 0.471 bits per heavy atom. The predicted octanol–water partition coefficient (Wildman–Crippen LogP) is 8.53. The monoisotopic (exact) mass is 644 g/mol. The van der Waals surface area contributed by atoms with E-state index in [1.54, 1.807) is 0 Å². The van der Waals surface area contributed by atoms with Gasteiger partial charge in [0.05, 0.1) is 0 Å². The first-order chi connectivity index (χ1) is 16.1. The third-order valence-corrected chi connectivity index (χ3v) is 8.26. The fraction of sp³-hybridized carbons (Fsp3) is 0.0968. The van der Waals surface area contributed by atoms with Crippen molar-refractivity contribution in [2.24, 2.45) is 0 Å². The number of alkyl halides is 2. The normalized spacial score (nSPS) is 22.3. The van der Waals surface area contributed by atoms with E-state index in [2.05, 4.69) is 109 Å². The molecule has 0 heterocycles. The van der Waals surface area contributed by atoms with Gasteiger partial charge in [-0.15, -0.1) is 23.2 Å². The molecule has 4 aromatic rings. The average molecular weight is 644 g/mol. The smallest absolute Gasteiger partial charge is 0.104 e. The molecular weight excluding hydrogens is 622 g/mol. The summed E-state index contributed by atoms with van der Waals surface area (Å²) in [5, 5.41) is 0. The van der Waals surface area contributed by atoms with Gasteiger partial charge in [0, 0.05) is 25.8 Å². The van der Waals surface area contributed by atoms with Gasteiger partial charge in [-0.25, -0.2) is 0 Å². The average Bonchev–Trinajstić information content (AvgIpc) is 3.33. The zero-order valence-corrected chi connectivity index (χ0v) is 23.6. The molecule has 2 aliphatic rings. The molecular formula is C31H22Cl2Hf. The molecule has 2 atom stereocenters. The molecule has 0 spiro atoms. The molecule has 2 unspecified atom stereocenters. The Bertz CT molecular complexity index is 1300. The van der Waals surface area contributed by atoms with Crippen LogP contribution in [-0.4, -0.2) is 0 Å². The van der Waals surface area contributed by atoms with Crippen molar-refractivity contribution >= 4 is 35.4 Å². The van der Waals surface area contributed by atoms with Crippen LogP contribution in [0.15, 0.2) is 120 Å². The van der Waals surface area contributed by atoms with E-state index in [0.29, 0.717) is 6.42 Å². The van der Waals surface area contributed by atoms with Gasteiger partial charge in [0.25, 0.3) is 0 Å². The summed E-state index contributed by atoms with van der Waals surface area (Å²) in [6.45, 7) is 0. The topological polar surface area (TPSA) is 0 Å². The van der Waals surface area contributed by atoms with Gasteiger partial charge in [0.15, 0.2) is 0 Å². The fourth-order valence-electron chi connectivity index (χ4n) is 5.36. The van der Waals surface area contributed by atoms with Crippen LogP contribution in [-0.2, 0) is 35.6 Å². The van der Waals surface area contributed by atoms with Crippen molar-refractivity contribution in [3.63, 3.8) is 0 Å². The second kappa shape index (κ2) is 9.11. The number of rotatable bonds is 4. The van der Waals surface area contributed by atoms with Crippen LogP contribution in [0.5, 0.6) is 0 Å². The Kier molecular flexibility index (Phi) is 6.31. The summed E-state index contributed by atoms with van der Waals surface area (Å²) >= 11 is 15.2. The molecule has 4 aromatic carbocycles. The van der Waals surface area contributed by atoms with E-state index in [0.717, 1.165) is 33.4 Å². The minimum atomic E-state index is -0.720.